The van der Waals surface area contributed by atoms with Gasteiger partial charge in [0.2, 0.25) is 0 Å². The van der Waals surface area contributed by atoms with Crippen LogP contribution in [0, 0.1) is 11.6 Å². The van der Waals surface area contributed by atoms with E-state index in [1.54, 1.807) is 12.1 Å². The maximum absolute atomic E-state index is 13.8. The molecule has 2 aromatic rings. The molecule has 0 aliphatic carbocycles. The van der Waals surface area contributed by atoms with E-state index in [1.807, 2.05) is 20.8 Å². The lowest BCUT2D eigenvalue weighted by molar-refractivity contribution is 0.0916. The third kappa shape index (κ3) is 6.08. The molecule has 2 unspecified atom stereocenters. The van der Waals surface area contributed by atoms with Crippen LogP contribution in [0.1, 0.15) is 42.4 Å². The second kappa shape index (κ2) is 8.54. The molecule has 5 nitrogen and oxygen atoms in total. The minimum absolute atomic E-state index is 0.0314. The van der Waals surface area contributed by atoms with Crippen molar-refractivity contribution in [2.24, 2.45) is 5.73 Å². The Labute approximate surface area is 157 Å². The third-order valence-corrected chi connectivity index (χ3v) is 3.99. The van der Waals surface area contributed by atoms with E-state index in [1.165, 1.54) is 12.3 Å². The Morgan fingerprint density at radius 3 is 2.59 bits per heavy atom. The van der Waals surface area contributed by atoms with Crippen LogP contribution >= 0.6 is 0 Å². The molecule has 2 rings (SSSR count). The van der Waals surface area contributed by atoms with E-state index in [-0.39, 0.29) is 24.3 Å². The van der Waals surface area contributed by atoms with Crippen molar-refractivity contribution in [2.45, 2.75) is 51.3 Å². The summed E-state index contributed by atoms with van der Waals surface area (Å²) < 4.78 is 26.8. The molecule has 0 fully saturated rings. The molecule has 1 aromatic carbocycles. The maximum Gasteiger partial charge on any atom is 0.253 e. The predicted octanol–water partition coefficient (Wildman–Crippen LogP) is 2.36. The van der Waals surface area contributed by atoms with Gasteiger partial charge in [-0.2, -0.15) is 0 Å². The van der Waals surface area contributed by atoms with E-state index < -0.39 is 29.3 Å². The number of hydrogen-bond donors (Lipinski definition) is 3. The zero-order valence-corrected chi connectivity index (χ0v) is 15.7. The Morgan fingerprint density at radius 2 is 1.96 bits per heavy atom. The summed E-state index contributed by atoms with van der Waals surface area (Å²) in [5.41, 5.74) is 6.55. The molecule has 0 saturated heterocycles. The maximum atomic E-state index is 13.8. The van der Waals surface area contributed by atoms with E-state index in [2.05, 4.69) is 10.3 Å². The SMILES string of the molecule is CC(C)(C)NC(=O)c1cccnc1CC(O)C(N)Cc1ccc(F)cc1F. The average molecular weight is 377 g/mol. The first kappa shape index (κ1) is 20.9. The van der Waals surface area contributed by atoms with Crippen molar-refractivity contribution in [1.29, 1.82) is 0 Å². The van der Waals surface area contributed by atoms with Gasteiger partial charge in [0.1, 0.15) is 11.6 Å². The van der Waals surface area contributed by atoms with Crippen molar-refractivity contribution < 1.29 is 18.7 Å². The van der Waals surface area contributed by atoms with Gasteiger partial charge in [-0.3, -0.25) is 9.78 Å². The largest absolute Gasteiger partial charge is 0.391 e. The summed E-state index contributed by atoms with van der Waals surface area (Å²) in [7, 11) is 0. The molecule has 0 spiro atoms. The van der Waals surface area contributed by atoms with E-state index >= 15 is 0 Å². The lowest BCUT2D eigenvalue weighted by Gasteiger charge is -2.23. The van der Waals surface area contributed by atoms with Gasteiger partial charge >= 0.3 is 0 Å². The summed E-state index contributed by atoms with van der Waals surface area (Å²) >= 11 is 0. The molecule has 0 saturated carbocycles. The Bertz CT molecular complexity index is 806. The first-order valence-corrected chi connectivity index (χ1v) is 8.71. The van der Waals surface area contributed by atoms with Crippen LogP contribution in [0.3, 0.4) is 0 Å². The molecule has 1 aromatic heterocycles. The molecule has 0 aliphatic heterocycles. The van der Waals surface area contributed by atoms with Crippen LogP contribution in [0.4, 0.5) is 8.78 Å². The van der Waals surface area contributed by atoms with Crippen molar-refractivity contribution >= 4 is 5.91 Å². The van der Waals surface area contributed by atoms with Gasteiger partial charge in [-0.15, -0.1) is 0 Å². The van der Waals surface area contributed by atoms with Gasteiger partial charge in [0, 0.05) is 30.3 Å². The molecule has 0 bridgehead atoms. The molecule has 1 heterocycles. The monoisotopic (exact) mass is 377 g/mol. The molecule has 1 amide bonds. The molecule has 146 valence electrons. The van der Waals surface area contributed by atoms with E-state index in [9.17, 15) is 18.7 Å². The van der Waals surface area contributed by atoms with Crippen LogP contribution in [0.2, 0.25) is 0 Å². The van der Waals surface area contributed by atoms with Crippen LogP contribution in [0.5, 0.6) is 0 Å². The number of nitrogens with two attached hydrogens (primary N) is 1. The molecular weight excluding hydrogens is 352 g/mol. The minimum Gasteiger partial charge on any atom is -0.391 e. The van der Waals surface area contributed by atoms with Crippen LogP contribution in [-0.2, 0) is 12.8 Å². The van der Waals surface area contributed by atoms with Crippen molar-refractivity contribution in [3.05, 3.63) is 65.0 Å². The second-order valence-corrected chi connectivity index (χ2v) is 7.58. The minimum atomic E-state index is -1.05. The summed E-state index contributed by atoms with van der Waals surface area (Å²) in [6, 6.07) is 5.70. The number of amides is 1. The number of carbonyl (C=O) groups excluding carboxylic acids is 1. The van der Waals surface area contributed by atoms with Crippen molar-refractivity contribution in [3.8, 4) is 0 Å². The summed E-state index contributed by atoms with van der Waals surface area (Å²) in [6.45, 7) is 5.59. The van der Waals surface area contributed by atoms with E-state index in [0.29, 0.717) is 11.3 Å². The fourth-order valence-corrected chi connectivity index (χ4v) is 2.64. The summed E-state index contributed by atoms with van der Waals surface area (Å²) in [6.07, 6.45) is 0.549. The number of nitrogens with one attached hydrogen (secondary N) is 1. The number of hydrogen-bond acceptors (Lipinski definition) is 4. The second-order valence-electron chi connectivity index (χ2n) is 7.58. The normalized spacial score (nSPS) is 13.9. The van der Waals surface area contributed by atoms with Crippen molar-refractivity contribution in [3.63, 3.8) is 0 Å². The highest BCUT2D eigenvalue weighted by molar-refractivity contribution is 5.95. The number of halogens is 2. The first-order valence-electron chi connectivity index (χ1n) is 8.71. The van der Waals surface area contributed by atoms with Crippen LogP contribution < -0.4 is 11.1 Å². The molecular formula is C20H25F2N3O2. The molecule has 2 atom stereocenters. The summed E-state index contributed by atoms with van der Waals surface area (Å²) in [5, 5.41) is 13.3. The van der Waals surface area contributed by atoms with Crippen LogP contribution in [0.15, 0.2) is 36.5 Å². The van der Waals surface area contributed by atoms with Crippen molar-refractivity contribution in [2.75, 3.05) is 0 Å². The van der Waals surface area contributed by atoms with Crippen molar-refractivity contribution in [1.82, 2.24) is 10.3 Å². The lowest BCUT2D eigenvalue weighted by Crippen LogP contribution is -2.42. The van der Waals surface area contributed by atoms with Gasteiger partial charge in [-0.1, -0.05) is 6.07 Å². The Kier molecular flexibility index (Phi) is 6.62. The van der Waals surface area contributed by atoms with Gasteiger partial charge in [-0.05, 0) is 51.0 Å². The van der Waals surface area contributed by atoms with Crippen LogP contribution in [0.25, 0.3) is 0 Å². The average Bonchev–Trinajstić information content (AvgIpc) is 2.56. The molecule has 4 N–H and O–H groups in total. The Hall–Kier alpha value is -2.38. The fraction of sp³-hybridized carbons (Fsp3) is 0.400. The molecule has 0 aliphatic rings. The standard InChI is InChI=1S/C20H25F2N3O2/c1-20(2,3)25-19(27)14-5-4-8-24-17(14)11-18(26)16(23)9-12-6-7-13(21)10-15(12)22/h4-8,10,16,18,26H,9,11,23H2,1-3H3,(H,25,27). The van der Waals surface area contributed by atoms with Crippen LogP contribution in [-0.4, -0.2) is 33.7 Å². The van der Waals surface area contributed by atoms with Gasteiger partial charge in [0.05, 0.1) is 17.4 Å². The van der Waals surface area contributed by atoms with Gasteiger partial charge in [0.15, 0.2) is 0 Å². The summed E-state index contributed by atoms with van der Waals surface area (Å²) in [4.78, 5) is 16.6. The van der Waals surface area contributed by atoms with Gasteiger partial charge in [-0.25, -0.2) is 8.78 Å². The topological polar surface area (TPSA) is 88.2 Å². The first-order chi connectivity index (χ1) is 12.6. The Balaban J connectivity index is 2.11. The van der Waals surface area contributed by atoms with Gasteiger partial charge < -0.3 is 16.2 Å². The van der Waals surface area contributed by atoms with E-state index in [0.717, 1.165) is 12.1 Å². The molecule has 7 heteroatoms. The lowest BCUT2D eigenvalue weighted by atomic mass is 9.96. The third-order valence-electron chi connectivity index (χ3n) is 3.99. The van der Waals surface area contributed by atoms with E-state index in [4.69, 9.17) is 5.73 Å². The smallest absolute Gasteiger partial charge is 0.253 e. The number of aromatic nitrogens is 1. The van der Waals surface area contributed by atoms with Gasteiger partial charge in [0.25, 0.3) is 5.91 Å². The summed E-state index contributed by atoms with van der Waals surface area (Å²) in [5.74, 6) is -1.68. The quantitative estimate of drug-likeness (QED) is 0.721. The number of pyridine rings is 1. The zero-order chi connectivity index (χ0) is 20.2. The highest BCUT2D eigenvalue weighted by Crippen LogP contribution is 2.15. The molecule has 0 radical (unpaired) electrons. The highest BCUT2D eigenvalue weighted by atomic mass is 19.1. The number of rotatable bonds is 6. The Morgan fingerprint density at radius 1 is 1.26 bits per heavy atom. The number of benzene rings is 1. The number of nitrogens with zero attached hydrogens (tertiary/aromatic N) is 1. The highest BCUT2D eigenvalue weighted by Gasteiger charge is 2.23. The predicted molar refractivity (Wildman–Crippen MR) is 99.2 cm³/mol. The fourth-order valence-electron chi connectivity index (χ4n) is 2.64. The number of aliphatic hydroxyl groups is 1. The zero-order valence-electron chi connectivity index (χ0n) is 15.7. The number of aliphatic hydroxyl groups excluding tert-OH is 1. The number of carbonyl (C=O) groups is 1. The molecule has 27 heavy (non-hydrogen) atoms.